The second-order valence-electron chi connectivity index (χ2n) is 4.28. The van der Waals surface area contributed by atoms with E-state index in [1.165, 1.54) is 0 Å². The molecule has 1 rings (SSSR count). The summed E-state index contributed by atoms with van der Waals surface area (Å²) >= 11 is -0.101. The Hall–Kier alpha value is -0.791. The summed E-state index contributed by atoms with van der Waals surface area (Å²) in [5.41, 5.74) is 0. The van der Waals surface area contributed by atoms with Gasteiger partial charge in [-0.3, -0.25) is 0 Å². The Kier molecular flexibility index (Phi) is 5.04. The fraction of sp³-hybridized carbons (Fsp3) is 0.462. The quantitative estimate of drug-likeness (QED) is 0.777. The van der Waals surface area contributed by atoms with Crippen molar-refractivity contribution in [2.24, 2.45) is 0 Å². The maximum atomic E-state index is 12.1. The second kappa shape index (κ2) is 6.07. The van der Waals surface area contributed by atoms with E-state index >= 15 is 0 Å². The van der Waals surface area contributed by atoms with Crippen molar-refractivity contribution in [2.75, 3.05) is 0 Å². The number of nitrogens with zero attached hydrogens (tertiary/aromatic N) is 1. The molecule has 0 bridgehead atoms. The van der Waals surface area contributed by atoms with Gasteiger partial charge in [0.2, 0.25) is 0 Å². The van der Waals surface area contributed by atoms with E-state index in [0.717, 1.165) is 4.46 Å². The summed E-state index contributed by atoms with van der Waals surface area (Å²) in [5.74, 6) is 0. The molecule has 0 spiro atoms. The van der Waals surface area contributed by atoms with E-state index in [2.05, 4.69) is 27.7 Å². The van der Waals surface area contributed by atoms with Crippen LogP contribution < -0.4 is 4.46 Å². The summed E-state index contributed by atoms with van der Waals surface area (Å²) < 4.78 is 1.14. The maximum absolute atomic E-state index is 12.1. The van der Waals surface area contributed by atoms with E-state index < -0.39 is 0 Å². The molecule has 0 unspecified atom stereocenters. The van der Waals surface area contributed by atoms with Crippen LogP contribution in [0.4, 0.5) is 4.79 Å². The summed E-state index contributed by atoms with van der Waals surface area (Å²) in [4.78, 5) is 14.4. The van der Waals surface area contributed by atoms with Crippen molar-refractivity contribution in [3.63, 3.8) is 0 Å². The average Bonchev–Trinajstić information content (AvgIpc) is 2.17. The molecule has 1 aromatic rings. The van der Waals surface area contributed by atoms with Crippen molar-refractivity contribution < 1.29 is 4.79 Å². The third kappa shape index (κ3) is 3.66. The first-order chi connectivity index (χ1) is 7.52. The van der Waals surface area contributed by atoms with Crippen LogP contribution in [-0.2, 0) is 0 Å². The van der Waals surface area contributed by atoms with Gasteiger partial charge in [-0.05, 0) is 0 Å². The molecule has 0 fully saturated rings. The topological polar surface area (TPSA) is 20.3 Å². The SMILES string of the molecule is CC(C)N(C(=O)[Se]c1ccccc1)C(C)C. The van der Waals surface area contributed by atoms with Crippen LogP contribution in [0.5, 0.6) is 0 Å². The number of carbonyl (C=O) groups is 1. The second-order valence-corrected chi connectivity index (χ2v) is 6.43. The van der Waals surface area contributed by atoms with Gasteiger partial charge < -0.3 is 0 Å². The number of carbonyl (C=O) groups excluding carboxylic acids is 1. The molecule has 3 heteroatoms. The molecule has 0 radical (unpaired) electrons. The molecule has 2 nitrogen and oxygen atoms in total. The zero-order chi connectivity index (χ0) is 12.1. The van der Waals surface area contributed by atoms with Crippen LogP contribution in [0.15, 0.2) is 30.3 Å². The molecule has 0 N–H and O–H groups in total. The van der Waals surface area contributed by atoms with E-state index in [-0.39, 0.29) is 31.8 Å². The van der Waals surface area contributed by atoms with Crippen LogP contribution in [0, 0.1) is 0 Å². The first kappa shape index (κ1) is 13.3. The van der Waals surface area contributed by atoms with Crippen LogP contribution in [0.1, 0.15) is 27.7 Å². The first-order valence-corrected chi connectivity index (χ1v) is 7.29. The van der Waals surface area contributed by atoms with E-state index in [1.807, 2.05) is 35.2 Å². The summed E-state index contributed by atoms with van der Waals surface area (Å²) in [6.45, 7) is 8.27. The van der Waals surface area contributed by atoms with E-state index in [1.54, 1.807) is 0 Å². The van der Waals surface area contributed by atoms with Crippen molar-refractivity contribution >= 4 is 24.2 Å². The standard InChI is InChI=1S/C13H19NOSe/c1-10(2)14(11(3)4)13(15)16-12-8-6-5-7-9-12/h5-11H,1-4H3. The molecule has 0 aliphatic rings. The van der Waals surface area contributed by atoms with Gasteiger partial charge in [-0.15, -0.1) is 0 Å². The van der Waals surface area contributed by atoms with Crippen LogP contribution in [0.25, 0.3) is 0 Å². The Labute approximate surface area is 104 Å². The number of hydrogen-bond acceptors (Lipinski definition) is 1. The van der Waals surface area contributed by atoms with Crippen molar-refractivity contribution in [1.29, 1.82) is 0 Å². The van der Waals surface area contributed by atoms with Gasteiger partial charge in [-0.1, -0.05) is 0 Å². The van der Waals surface area contributed by atoms with E-state index in [0.29, 0.717) is 0 Å². The van der Waals surface area contributed by atoms with E-state index in [4.69, 9.17) is 0 Å². The molecule has 0 aromatic heterocycles. The minimum absolute atomic E-state index is 0.101. The van der Waals surface area contributed by atoms with Gasteiger partial charge in [-0.2, -0.15) is 0 Å². The molecule has 0 aliphatic heterocycles. The monoisotopic (exact) mass is 285 g/mol. The van der Waals surface area contributed by atoms with Crippen LogP contribution in [0.2, 0.25) is 0 Å². The summed E-state index contributed by atoms with van der Waals surface area (Å²) in [7, 11) is 0. The molecule has 0 saturated carbocycles. The average molecular weight is 284 g/mol. The first-order valence-electron chi connectivity index (χ1n) is 5.57. The number of amides is 1. The zero-order valence-electron chi connectivity index (χ0n) is 10.3. The fourth-order valence-electron chi connectivity index (χ4n) is 1.66. The molecular weight excluding hydrogens is 265 g/mol. The van der Waals surface area contributed by atoms with Gasteiger partial charge in [0.15, 0.2) is 0 Å². The summed E-state index contributed by atoms with van der Waals surface area (Å²) in [5, 5.41) is 0. The minimum atomic E-state index is -0.101. The zero-order valence-corrected chi connectivity index (χ0v) is 12.0. The number of benzene rings is 1. The van der Waals surface area contributed by atoms with Gasteiger partial charge >= 0.3 is 104 Å². The molecule has 0 saturated heterocycles. The van der Waals surface area contributed by atoms with Gasteiger partial charge in [0, 0.05) is 0 Å². The molecular formula is C13H19NOSe. The molecule has 0 heterocycles. The molecule has 1 amide bonds. The molecule has 1 aromatic carbocycles. The third-order valence-electron chi connectivity index (χ3n) is 2.27. The Morgan fingerprint density at radius 1 is 1.06 bits per heavy atom. The number of rotatable bonds is 4. The summed E-state index contributed by atoms with van der Waals surface area (Å²) in [6.07, 6.45) is 0. The third-order valence-corrected chi connectivity index (χ3v) is 4.15. The number of hydrogen-bond donors (Lipinski definition) is 0. The van der Waals surface area contributed by atoms with Crippen molar-refractivity contribution in [1.82, 2.24) is 4.90 Å². The Bertz CT molecular complexity index is 327. The van der Waals surface area contributed by atoms with Gasteiger partial charge in [0.25, 0.3) is 0 Å². The predicted octanol–water partition coefficient (Wildman–Crippen LogP) is 2.25. The molecule has 88 valence electrons. The molecule has 16 heavy (non-hydrogen) atoms. The Morgan fingerprint density at radius 2 is 1.56 bits per heavy atom. The van der Waals surface area contributed by atoms with E-state index in [9.17, 15) is 4.79 Å². The molecule has 0 aliphatic carbocycles. The Morgan fingerprint density at radius 3 is 2.00 bits per heavy atom. The van der Waals surface area contributed by atoms with Gasteiger partial charge in [-0.25, -0.2) is 0 Å². The van der Waals surface area contributed by atoms with Crippen molar-refractivity contribution in [3.8, 4) is 0 Å². The van der Waals surface area contributed by atoms with Crippen LogP contribution in [0.3, 0.4) is 0 Å². The van der Waals surface area contributed by atoms with Crippen molar-refractivity contribution in [3.05, 3.63) is 30.3 Å². The van der Waals surface area contributed by atoms with Gasteiger partial charge in [0.1, 0.15) is 0 Å². The molecule has 0 atom stereocenters. The fourth-order valence-corrected chi connectivity index (χ4v) is 3.80. The summed E-state index contributed by atoms with van der Waals surface area (Å²) in [6, 6.07) is 10.6. The van der Waals surface area contributed by atoms with Crippen LogP contribution in [-0.4, -0.2) is 36.7 Å². The van der Waals surface area contributed by atoms with Gasteiger partial charge in [0.05, 0.1) is 0 Å². The Balaban J connectivity index is 2.70. The normalized spacial score (nSPS) is 10.9. The predicted molar refractivity (Wildman–Crippen MR) is 69.3 cm³/mol. The van der Waals surface area contributed by atoms with Crippen LogP contribution >= 0.6 is 0 Å². The van der Waals surface area contributed by atoms with Crippen molar-refractivity contribution in [2.45, 2.75) is 39.8 Å².